The number of fused-ring (bicyclic) bond motifs is 1. The molecule has 1 aliphatic heterocycles. The molecule has 0 fully saturated rings. The van der Waals surface area contributed by atoms with Gasteiger partial charge in [-0.2, -0.15) is 0 Å². The van der Waals surface area contributed by atoms with Gasteiger partial charge < -0.3 is 14.9 Å². The largest absolute Gasteiger partial charge is 0.478 e. The Kier molecular flexibility index (Phi) is 4.79. The number of carbonyl (C=O) groups is 1. The average molecular weight is 302 g/mol. The molecule has 1 aromatic carbocycles. The Morgan fingerprint density at radius 1 is 1.09 bits per heavy atom. The maximum atomic E-state index is 10.9. The maximum Gasteiger partial charge on any atom is 0.328 e. The summed E-state index contributed by atoms with van der Waals surface area (Å²) in [5.41, 5.74) is 4.19. The third-order valence-electron chi connectivity index (χ3n) is 4.22. The first-order valence-electron chi connectivity index (χ1n) is 7.90. The number of allylic oxidation sites excluding steroid dienone is 1. The standard InChI is InChI=1S/C18H26N2O2/c1-12(2)19-8-9-20(13(3)4)17-11-15(6-7-16(17)19)14(5)10-18(21)22/h6-7,10-13H,8-9H2,1-5H3,(H,21,22). The fourth-order valence-corrected chi connectivity index (χ4v) is 3.04. The van der Waals surface area contributed by atoms with Crippen LogP contribution in [0.5, 0.6) is 0 Å². The predicted molar refractivity (Wildman–Crippen MR) is 92.7 cm³/mol. The molecule has 4 nitrogen and oxygen atoms in total. The van der Waals surface area contributed by atoms with E-state index >= 15 is 0 Å². The summed E-state index contributed by atoms with van der Waals surface area (Å²) in [6.45, 7) is 12.7. The molecule has 4 heteroatoms. The van der Waals surface area contributed by atoms with Gasteiger partial charge in [-0.15, -0.1) is 0 Å². The molecule has 0 spiro atoms. The Labute approximate surface area is 133 Å². The summed E-state index contributed by atoms with van der Waals surface area (Å²) in [4.78, 5) is 15.7. The Hall–Kier alpha value is -1.97. The molecule has 1 aromatic rings. The first-order chi connectivity index (χ1) is 10.3. The number of aliphatic carboxylic acids is 1. The number of hydrogen-bond acceptors (Lipinski definition) is 3. The highest BCUT2D eigenvalue weighted by Crippen LogP contribution is 2.37. The molecule has 0 saturated carbocycles. The Morgan fingerprint density at radius 2 is 1.64 bits per heavy atom. The van der Waals surface area contributed by atoms with E-state index in [1.807, 2.05) is 13.0 Å². The van der Waals surface area contributed by atoms with Gasteiger partial charge in [-0.3, -0.25) is 0 Å². The highest BCUT2D eigenvalue weighted by molar-refractivity contribution is 5.90. The van der Waals surface area contributed by atoms with E-state index < -0.39 is 5.97 Å². The van der Waals surface area contributed by atoms with Gasteiger partial charge in [0, 0.05) is 31.2 Å². The van der Waals surface area contributed by atoms with E-state index in [1.54, 1.807) is 0 Å². The summed E-state index contributed by atoms with van der Waals surface area (Å²) < 4.78 is 0. The second kappa shape index (κ2) is 6.42. The monoisotopic (exact) mass is 302 g/mol. The highest BCUT2D eigenvalue weighted by atomic mass is 16.4. The number of nitrogens with zero attached hydrogens (tertiary/aromatic N) is 2. The molecule has 0 bridgehead atoms. The molecular weight excluding hydrogens is 276 g/mol. The molecule has 1 heterocycles. The van der Waals surface area contributed by atoms with Crippen LogP contribution in [-0.2, 0) is 4.79 Å². The van der Waals surface area contributed by atoms with Crippen LogP contribution in [0, 0.1) is 0 Å². The van der Waals surface area contributed by atoms with Crippen LogP contribution in [0.4, 0.5) is 11.4 Å². The van der Waals surface area contributed by atoms with Crippen molar-refractivity contribution >= 4 is 22.9 Å². The van der Waals surface area contributed by atoms with E-state index in [0.29, 0.717) is 12.1 Å². The molecule has 1 N–H and O–H groups in total. The average Bonchev–Trinajstić information content (AvgIpc) is 2.44. The maximum absolute atomic E-state index is 10.9. The molecule has 22 heavy (non-hydrogen) atoms. The van der Waals surface area contributed by atoms with E-state index in [2.05, 4.69) is 49.6 Å². The van der Waals surface area contributed by atoms with E-state index in [1.165, 1.54) is 17.5 Å². The summed E-state index contributed by atoms with van der Waals surface area (Å²) in [6.07, 6.45) is 1.27. The van der Waals surface area contributed by atoms with Crippen molar-refractivity contribution in [1.82, 2.24) is 0 Å². The first kappa shape index (κ1) is 16.4. The van der Waals surface area contributed by atoms with Crippen LogP contribution >= 0.6 is 0 Å². The number of carboxylic acid groups (broad SMARTS) is 1. The van der Waals surface area contributed by atoms with Gasteiger partial charge in [-0.25, -0.2) is 4.79 Å². The topological polar surface area (TPSA) is 43.8 Å². The lowest BCUT2D eigenvalue weighted by atomic mass is 10.0. The smallest absolute Gasteiger partial charge is 0.328 e. The Balaban J connectivity index is 2.50. The highest BCUT2D eigenvalue weighted by Gasteiger charge is 2.26. The molecular formula is C18H26N2O2. The fraction of sp³-hybridized carbons (Fsp3) is 0.500. The van der Waals surface area contributed by atoms with Crippen molar-refractivity contribution in [3.05, 3.63) is 29.8 Å². The Bertz CT molecular complexity index is 591. The summed E-state index contributed by atoms with van der Waals surface area (Å²) in [5.74, 6) is -0.903. The lowest BCUT2D eigenvalue weighted by molar-refractivity contribution is -0.131. The van der Waals surface area contributed by atoms with Crippen LogP contribution in [0.15, 0.2) is 24.3 Å². The van der Waals surface area contributed by atoms with E-state index in [9.17, 15) is 4.79 Å². The van der Waals surface area contributed by atoms with Crippen LogP contribution in [-0.4, -0.2) is 36.2 Å². The van der Waals surface area contributed by atoms with Gasteiger partial charge in [0.05, 0.1) is 11.4 Å². The summed E-state index contributed by atoms with van der Waals surface area (Å²) in [7, 11) is 0. The van der Waals surface area contributed by atoms with Crippen molar-refractivity contribution in [3.8, 4) is 0 Å². The molecule has 0 unspecified atom stereocenters. The SMILES string of the molecule is CC(=CC(=O)O)c1ccc2c(c1)N(C(C)C)CCN2C(C)C. The minimum absolute atomic E-state index is 0.423. The van der Waals surface area contributed by atoms with Crippen LogP contribution < -0.4 is 9.80 Å². The zero-order valence-corrected chi connectivity index (χ0v) is 14.1. The van der Waals surface area contributed by atoms with E-state index in [4.69, 9.17) is 5.11 Å². The van der Waals surface area contributed by atoms with Crippen molar-refractivity contribution in [3.63, 3.8) is 0 Å². The number of carboxylic acids is 1. The van der Waals surface area contributed by atoms with Crippen LogP contribution in [0.3, 0.4) is 0 Å². The summed E-state index contributed by atoms with van der Waals surface area (Å²) in [6, 6.07) is 7.14. The molecule has 120 valence electrons. The van der Waals surface area contributed by atoms with Gasteiger partial charge in [-0.1, -0.05) is 6.07 Å². The minimum atomic E-state index is -0.903. The summed E-state index contributed by atoms with van der Waals surface area (Å²) in [5, 5.41) is 8.94. The van der Waals surface area contributed by atoms with Gasteiger partial charge in [0.2, 0.25) is 0 Å². The van der Waals surface area contributed by atoms with Crippen molar-refractivity contribution in [2.75, 3.05) is 22.9 Å². The van der Waals surface area contributed by atoms with E-state index in [0.717, 1.165) is 24.2 Å². The first-order valence-corrected chi connectivity index (χ1v) is 7.90. The fourth-order valence-electron chi connectivity index (χ4n) is 3.04. The van der Waals surface area contributed by atoms with Crippen molar-refractivity contribution in [1.29, 1.82) is 0 Å². The molecule has 2 rings (SSSR count). The van der Waals surface area contributed by atoms with Crippen molar-refractivity contribution < 1.29 is 9.90 Å². The lowest BCUT2D eigenvalue weighted by Gasteiger charge is -2.43. The minimum Gasteiger partial charge on any atom is -0.478 e. The van der Waals surface area contributed by atoms with Crippen molar-refractivity contribution in [2.24, 2.45) is 0 Å². The number of hydrogen-bond donors (Lipinski definition) is 1. The van der Waals surface area contributed by atoms with Gasteiger partial charge in [0.25, 0.3) is 0 Å². The number of anilines is 2. The second-order valence-electron chi connectivity index (χ2n) is 6.44. The molecule has 0 amide bonds. The molecule has 1 aliphatic rings. The zero-order valence-electron chi connectivity index (χ0n) is 14.1. The number of benzene rings is 1. The predicted octanol–water partition coefficient (Wildman–Crippen LogP) is 3.62. The van der Waals surface area contributed by atoms with Gasteiger partial charge in [0.1, 0.15) is 0 Å². The summed E-state index contributed by atoms with van der Waals surface area (Å²) >= 11 is 0. The quantitative estimate of drug-likeness (QED) is 0.863. The zero-order chi connectivity index (χ0) is 16.4. The third kappa shape index (κ3) is 3.26. The van der Waals surface area contributed by atoms with Gasteiger partial charge in [-0.05, 0) is 57.9 Å². The normalized spacial score (nSPS) is 15.5. The number of rotatable bonds is 4. The van der Waals surface area contributed by atoms with Gasteiger partial charge in [0.15, 0.2) is 0 Å². The lowest BCUT2D eigenvalue weighted by Crippen LogP contribution is -2.46. The molecule has 0 atom stereocenters. The third-order valence-corrected chi connectivity index (χ3v) is 4.22. The van der Waals surface area contributed by atoms with Gasteiger partial charge >= 0.3 is 5.97 Å². The second-order valence-corrected chi connectivity index (χ2v) is 6.44. The van der Waals surface area contributed by atoms with Crippen LogP contribution in [0.25, 0.3) is 5.57 Å². The molecule has 0 aromatic heterocycles. The Morgan fingerprint density at radius 3 is 2.14 bits per heavy atom. The molecule has 0 radical (unpaired) electrons. The van der Waals surface area contributed by atoms with Crippen molar-refractivity contribution in [2.45, 2.75) is 46.7 Å². The molecule has 0 aliphatic carbocycles. The molecule has 0 saturated heterocycles. The van der Waals surface area contributed by atoms with E-state index in [-0.39, 0.29) is 0 Å². The van der Waals surface area contributed by atoms with Crippen LogP contribution in [0.2, 0.25) is 0 Å². The van der Waals surface area contributed by atoms with Crippen LogP contribution in [0.1, 0.15) is 40.2 Å².